The van der Waals surface area contributed by atoms with Gasteiger partial charge in [0.2, 0.25) is 0 Å². The van der Waals surface area contributed by atoms with Gasteiger partial charge in [-0.05, 0) is 36.8 Å². The Morgan fingerprint density at radius 2 is 1.68 bits per heavy atom. The Morgan fingerprint density at radius 1 is 1.11 bits per heavy atom. The van der Waals surface area contributed by atoms with E-state index in [0.29, 0.717) is 5.56 Å². The van der Waals surface area contributed by atoms with Gasteiger partial charge in [-0.25, -0.2) is 9.18 Å². The first kappa shape index (κ1) is 13.2. The first-order valence-corrected chi connectivity index (χ1v) is 5.82. The van der Waals surface area contributed by atoms with Crippen molar-refractivity contribution in [2.75, 3.05) is 0 Å². The molecule has 0 radical (unpaired) electrons. The Morgan fingerprint density at radius 3 is 2.26 bits per heavy atom. The predicted octanol–water partition coefficient (Wildman–Crippen LogP) is 2.61. The molecule has 2 aromatic rings. The monoisotopic (exact) mass is 259 g/mol. The van der Waals surface area contributed by atoms with Crippen LogP contribution in [0.3, 0.4) is 0 Å². The zero-order chi connectivity index (χ0) is 13.9. The van der Waals surface area contributed by atoms with Gasteiger partial charge in [0, 0.05) is 0 Å². The molecule has 1 unspecified atom stereocenters. The largest absolute Gasteiger partial charge is 0.425 e. The van der Waals surface area contributed by atoms with E-state index in [1.165, 1.54) is 24.3 Å². The van der Waals surface area contributed by atoms with E-state index in [-0.39, 0.29) is 5.75 Å². The summed E-state index contributed by atoms with van der Waals surface area (Å²) in [6.07, 6.45) is 0. The molecule has 0 aliphatic rings. The van der Waals surface area contributed by atoms with Crippen LogP contribution in [0.4, 0.5) is 4.39 Å². The van der Waals surface area contributed by atoms with Crippen LogP contribution in [0.2, 0.25) is 0 Å². The van der Waals surface area contributed by atoms with Crippen LogP contribution in [-0.4, -0.2) is 5.97 Å². The predicted molar refractivity (Wildman–Crippen MR) is 70.0 cm³/mol. The lowest BCUT2D eigenvalue weighted by Gasteiger charge is -2.22. The summed E-state index contributed by atoms with van der Waals surface area (Å²) in [5, 5.41) is 0. The number of hydrogen-bond acceptors (Lipinski definition) is 3. The van der Waals surface area contributed by atoms with E-state index in [1.54, 1.807) is 31.2 Å². The molecule has 2 rings (SSSR count). The summed E-state index contributed by atoms with van der Waals surface area (Å²) in [6, 6.07) is 14.2. The first-order chi connectivity index (χ1) is 9.00. The van der Waals surface area contributed by atoms with Crippen LogP contribution >= 0.6 is 0 Å². The minimum absolute atomic E-state index is 0.263. The van der Waals surface area contributed by atoms with Crippen LogP contribution in [0.5, 0.6) is 5.75 Å². The Balaban J connectivity index is 2.17. The van der Waals surface area contributed by atoms with Crippen molar-refractivity contribution >= 4 is 5.97 Å². The van der Waals surface area contributed by atoms with Gasteiger partial charge in [0.1, 0.15) is 17.1 Å². The minimum atomic E-state index is -1.25. The molecule has 0 saturated heterocycles. The molecule has 0 spiro atoms. The number of halogens is 1. The molecule has 0 aliphatic carbocycles. The van der Waals surface area contributed by atoms with Crippen LogP contribution in [0, 0.1) is 5.82 Å². The number of hydrogen-bond donors (Lipinski definition) is 1. The van der Waals surface area contributed by atoms with E-state index in [2.05, 4.69) is 0 Å². The maximum atomic E-state index is 12.8. The van der Waals surface area contributed by atoms with Crippen LogP contribution in [0.25, 0.3) is 0 Å². The van der Waals surface area contributed by atoms with Gasteiger partial charge in [0.05, 0.1) is 0 Å². The maximum Gasteiger partial charge on any atom is 0.335 e. The summed E-state index contributed by atoms with van der Waals surface area (Å²) >= 11 is 0. The lowest BCUT2D eigenvalue weighted by atomic mass is 9.93. The van der Waals surface area contributed by atoms with Crippen molar-refractivity contribution in [3.8, 4) is 5.75 Å². The SMILES string of the molecule is CC(N)(C(=O)Oc1ccc(F)cc1)c1ccccc1. The Hall–Kier alpha value is -2.20. The second-order valence-electron chi connectivity index (χ2n) is 4.41. The number of benzene rings is 2. The van der Waals surface area contributed by atoms with Gasteiger partial charge in [-0.3, -0.25) is 0 Å². The molecule has 0 aliphatic heterocycles. The Bertz CT molecular complexity index is 564. The molecule has 0 aromatic heterocycles. The van der Waals surface area contributed by atoms with Gasteiger partial charge in [-0.2, -0.15) is 0 Å². The van der Waals surface area contributed by atoms with Crippen molar-refractivity contribution in [1.82, 2.24) is 0 Å². The molecule has 0 saturated carbocycles. The molecule has 0 heterocycles. The average Bonchev–Trinajstić information content (AvgIpc) is 2.42. The third-order valence-electron chi connectivity index (χ3n) is 2.82. The fourth-order valence-corrected chi connectivity index (χ4v) is 1.62. The molecular weight excluding hydrogens is 245 g/mol. The van der Waals surface area contributed by atoms with Crippen molar-refractivity contribution in [3.63, 3.8) is 0 Å². The number of ether oxygens (including phenoxy) is 1. The molecule has 4 heteroatoms. The first-order valence-electron chi connectivity index (χ1n) is 5.82. The van der Waals surface area contributed by atoms with E-state index in [9.17, 15) is 9.18 Å². The molecule has 2 N–H and O–H groups in total. The molecule has 0 fully saturated rings. The zero-order valence-electron chi connectivity index (χ0n) is 10.5. The summed E-state index contributed by atoms with van der Waals surface area (Å²) in [5.74, 6) is -0.720. The Labute approximate surface area is 110 Å². The van der Waals surface area contributed by atoms with Crippen molar-refractivity contribution < 1.29 is 13.9 Å². The number of rotatable bonds is 3. The van der Waals surface area contributed by atoms with E-state index >= 15 is 0 Å². The standard InChI is InChI=1S/C15H14FNO2/c1-15(17,11-5-3-2-4-6-11)14(18)19-13-9-7-12(16)8-10-13/h2-10H,17H2,1H3. The summed E-state index contributed by atoms with van der Waals surface area (Å²) in [7, 11) is 0. The van der Waals surface area contributed by atoms with E-state index in [0.717, 1.165) is 0 Å². The van der Waals surface area contributed by atoms with Gasteiger partial charge in [0.25, 0.3) is 0 Å². The lowest BCUT2D eigenvalue weighted by molar-refractivity contribution is -0.140. The van der Waals surface area contributed by atoms with Gasteiger partial charge in [0.15, 0.2) is 0 Å². The topological polar surface area (TPSA) is 52.3 Å². The van der Waals surface area contributed by atoms with Gasteiger partial charge in [-0.15, -0.1) is 0 Å². The average molecular weight is 259 g/mol. The summed E-state index contributed by atoms with van der Waals surface area (Å²) < 4.78 is 17.9. The van der Waals surface area contributed by atoms with E-state index in [4.69, 9.17) is 10.5 Å². The molecule has 2 aromatic carbocycles. The van der Waals surface area contributed by atoms with Crippen molar-refractivity contribution in [2.45, 2.75) is 12.5 Å². The number of carbonyl (C=O) groups excluding carboxylic acids is 1. The van der Waals surface area contributed by atoms with Gasteiger partial charge >= 0.3 is 5.97 Å². The van der Waals surface area contributed by atoms with Crippen molar-refractivity contribution in [3.05, 3.63) is 66.0 Å². The van der Waals surface area contributed by atoms with E-state index < -0.39 is 17.3 Å². The maximum absolute atomic E-state index is 12.8. The van der Waals surface area contributed by atoms with Crippen LogP contribution in [0.15, 0.2) is 54.6 Å². The molecule has 19 heavy (non-hydrogen) atoms. The highest BCUT2D eigenvalue weighted by atomic mass is 19.1. The molecule has 0 amide bonds. The minimum Gasteiger partial charge on any atom is -0.425 e. The molecular formula is C15H14FNO2. The fourth-order valence-electron chi connectivity index (χ4n) is 1.62. The highest BCUT2D eigenvalue weighted by Gasteiger charge is 2.32. The number of carbonyl (C=O) groups is 1. The van der Waals surface area contributed by atoms with Crippen LogP contribution in [0.1, 0.15) is 12.5 Å². The smallest absolute Gasteiger partial charge is 0.335 e. The second kappa shape index (κ2) is 5.20. The summed E-state index contributed by atoms with van der Waals surface area (Å²) in [4.78, 5) is 12.1. The third kappa shape index (κ3) is 2.98. The van der Waals surface area contributed by atoms with Crippen LogP contribution in [-0.2, 0) is 10.3 Å². The van der Waals surface area contributed by atoms with Gasteiger partial charge in [-0.1, -0.05) is 30.3 Å². The summed E-state index contributed by atoms with van der Waals surface area (Å²) in [5.41, 5.74) is 5.41. The highest BCUT2D eigenvalue weighted by Crippen LogP contribution is 2.21. The Kier molecular flexibility index (Phi) is 3.62. The van der Waals surface area contributed by atoms with Crippen LogP contribution < -0.4 is 10.5 Å². The zero-order valence-corrected chi connectivity index (χ0v) is 10.5. The number of esters is 1. The molecule has 98 valence electrons. The lowest BCUT2D eigenvalue weighted by Crippen LogP contribution is -2.44. The van der Waals surface area contributed by atoms with E-state index in [1.807, 2.05) is 6.07 Å². The summed E-state index contributed by atoms with van der Waals surface area (Å²) in [6.45, 7) is 1.58. The molecule has 0 bridgehead atoms. The van der Waals surface area contributed by atoms with Gasteiger partial charge < -0.3 is 10.5 Å². The third-order valence-corrected chi connectivity index (χ3v) is 2.82. The fraction of sp³-hybridized carbons (Fsp3) is 0.133. The quantitative estimate of drug-likeness (QED) is 0.681. The normalized spacial score (nSPS) is 13.6. The molecule has 1 atom stereocenters. The highest BCUT2D eigenvalue weighted by molar-refractivity contribution is 5.83. The van der Waals surface area contributed by atoms with Crippen molar-refractivity contribution in [1.29, 1.82) is 0 Å². The number of nitrogens with two attached hydrogens (primary N) is 1. The molecule has 3 nitrogen and oxygen atoms in total. The van der Waals surface area contributed by atoms with Crippen molar-refractivity contribution in [2.24, 2.45) is 5.73 Å². The second-order valence-corrected chi connectivity index (χ2v) is 4.41.